The van der Waals surface area contributed by atoms with E-state index in [0.717, 1.165) is 16.7 Å². The van der Waals surface area contributed by atoms with Gasteiger partial charge in [0.15, 0.2) is 0 Å². The van der Waals surface area contributed by atoms with Crippen molar-refractivity contribution in [3.05, 3.63) is 114 Å². The van der Waals surface area contributed by atoms with E-state index < -0.39 is 47.7 Å². The molecule has 4 aliphatic rings. The van der Waals surface area contributed by atoms with Crippen molar-refractivity contribution in [1.29, 1.82) is 0 Å². The van der Waals surface area contributed by atoms with E-state index in [-0.39, 0.29) is 37.2 Å². The Bertz CT molecular complexity index is 1780. The van der Waals surface area contributed by atoms with Crippen LogP contribution < -0.4 is 4.74 Å². The second-order valence-corrected chi connectivity index (χ2v) is 14.1. The normalized spacial score (nSPS) is 30.4. The van der Waals surface area contributed by atoms with Crippen molar-refractivity contribution in [3.63, 3.8) is 0 Å². The Kier molecular flexibility index (Phi) is 9.70. The molecule has 3 aromatic carbocycles. The molecule has 0 unspecified atom stereocenters. The second kappa shape index (κ2) is 14.3. The number of likely N-dealkylation sites (N-methyl/N-ethyl adjacent to an activating group) is 1. The molecule has 3 amide bonds. The number of carbonyl (C=O) groups excluding carboxylic acids is 4. The number of carbonyl (C=O) groups is 4. The van der Waals surface area contributed by atoms with Gasteiger partial charge in [0.05, 0.1) is 31.1 Å². The molecule has 1 spiro atoms. The third kappa shape index (κ3) is 6.42. The minimum atomic E-state index is -1.19. The average molecular weight is 692 g/mol. The number of ether oxygens (including phenoxy) is 3. The van der Waals surface area contributed by atoms with Crippen molar-refractivity contribution in [3.8, 4) is 5.75 Å². The van der Waals surface area contributed by atoms with Crippen LogP contribution in [0.1, 0.15) is 55.4 Å². The maximum atomic E-state index is 15.1. The van der Waals surface area contributed by atoms with Gasteiger partial charge in [0.1, 0.15) is 23.5 Å². The third-order valence-corrected chi connectivity index (χ3v) is 11.2. The Morgan fingerprint density at radius 2 is 1.53 bits per heavy atom. The van der Waals surface area contributed by atoms with Crippen LogP contribution in [0.15, 0.2) is 97.1 Å². The van der Waals surface area contributed by atoms with E-state index in [1.807, 2.05) is 104 Å². The molecular weight excluding hydrogens is 646 g/mol. The van der Waals surface area contributed by atoms with Gasteiger partial charge in [-0.3, -0.25) is 19.2 Å². The summed E-state index contributed by atoms with van der Waals surface area (Å²) < 4.78 is 18.5. The zero-order valence-corrected chi connectivity index (χ0v) is 29.4. The molecule has 0 N–H and O–H groups in total. The van der Waals surface area contributed by atoms with Gasteiger partial charge < -0.3 is 28.9 Å². The van der Waals surface area contributed by atoms with Gasteiger partial charge in [0, 0.05) is 33.1 Å². The third-order valence-electron chi connectivity index (χ3n) is 11.2. The second-order valence-electron chi connectivity index (χ2n) is 14.1. The first kappa shape index (κ1) is 34.5. The maximum absolute atomic E-state index is 15.1. The van der Waals surface area contributed by atoms with E-state index >= 15 is 4.79 Å². The largest absolute Gasteiger partial charge is 0.497 e. The maximum Gasteiger partial charge on any atom is 0.313 e. The summed E-state index contributed by atoms with van der Waals surface area (Å²) in [4.78, 5) is 62.7. The number of rotatable bonds is 6. The van der Waals surface area contributed by atoms with Crippen molar-refractivity contribution in [2.24, 2.45) is 11.8 Å². The number of hydrogen-bond donors (Lipinski definition) is 0. The summed E-state index contributed by atoms with van der Waals surface area (Å²) in [5, 5.41) is 0. The first-order valence-corrected chi connectivity index (χ1v) is 17.8. The van der Waals surface area contributed by atoms with Crippen molar-refractivity contribution < 1.29 is 33.4 Å². The van der Waals surface area contributed by atoms with E-state index in [0.29, 0.717) is 31.6 Å². The van der Waals surface area contributed by atoms with E-state index in [9.17, 15) is 14.4 Å². The summed E-state index contributed by atoms with van der Waals surface area (Å²) >= 11 is 0. The first-order valence-electron chi connectivity index (χ1n) is 17.8. The number of fused-ring (bicyclic) bond motifs is 2. The molecule has 0 radical (unpaired) electrons. The van der Waals surface area contributed by atoms with Crippen LogP contribution in [0.3, 0.4) is 0 Å². The molecule has 5 bridgehead atoms. The zero-order chi connectivity index (χ0) is 35.7. The van der Waals surface area contributed by atoms with Crippen molar-refractivity contribution in [1.82, 2.24) is 14.7 Å². The SMILES string of the molecule is COc1ccc(CN2C(=O)[C@H]3[C@@H]4C(=O)O[C@H](c5ccccc5)[C@@H](C)N(C)C(=O)CC/C=C/CN(Cc5ccccc5)C(=O)[C@H]2[C@@]32CC[C@@H]4O2)cc1. The lowest BCUT2D eigenvalue weighted by Gasteiger charge is -2.37. The van der Waals surface area contributed by atoms with Crippen LogP contribution in [-0.4, -0.2) is 82.9 Å². The van der Waals surface area contributed by atoms with Crippen LogP contribution in [-0.2, 0) is 41.7 Å². The van der Waals surface area contributed by atoms with Gasteiger partial charge in [0.25, 0.3) is 0 Å². The van der Waals surface area contributed by atoms with Gasteiger partial charge in [-0.25, -0.2) is 0 Å². The number of nitrogens with zero attached hydrogens (tertiary/aromatic N) is 3. The van der Waals surface area contributed by atoms with Crippen LogP contribution in [0.5, 0.6) is 5.75 Å². The number of cyclic esters (lactones) is 1. The Labute approximate surface area is 298 Å². The Hall–Kier alpha value is -4.96. The van der Waals surface area contributed by atoms with Crippen LogP contribution in [0, 0.1) is 11.8 Å². The molecule has 3 fully saturated rings. The number of likely N-dealkylation sites (tertiary alicyclic amines) is 1. The van der Waals surface area contributed by atoms with Gasteiger partial charge in [-0.05, 0) is 55.0 Å². The minimum Gasteiger partial charge on any atom is -0.497 e. The highest BCUT2D eigenvalue weighted by Crippen LogP contribution is 2.59. The Balaban J connectivity index is 1.31. The van der Waals surface area contributed by atoms with Gasteiger partial charge in [-0.15, -0.1) is 0 Å². The molecule has 0 aliphatic carbocycles. The number of esters is 1. The number of benzene rings is 3. The smallest absolute Gasteiger partial charge is 0.313 e. The molecule has 3 aromatic rings. The summed E-state index contributed by atoms with van der Waals surface area (Å²) in [6, 6.07) is 25.1. The predicted octanol–water partition coefficient (Wildman–Crippen LogP) is 5.08. The fraction of sp³-hybridized carbons (Fsp3) is 0.415. The van der Waals surface area contributed by atoms with Gasteiger partial charge in [-0.2, -0.15) is 0 Å². The van der Waals surface area contributed by atoms with Crippen molar-refractivity contribution in [2.45, 2.75) is 75.6 Å². The Morgan fingerprint density at radius 3 is 2.24 bits per heavy atom. The zero-order valence-electron chi connectivity index (χ0n) is 29.4. The first-order chi connectivity index (χ1) is 24.7. The van der Waals surface area contributed by atoms with Crippen molar-refractivity contribution >= 4 is 23.7 Å². The molecule has 0 aromatic heterocycles. The fourth-order valence-corrected chi connectivity index (χ4v) is 8.43. The van der Waals surface area contributed by atoms with E-state index in [1.54, 1.807) is 28.9 Å². The van der Waals surface area contributed by atoms with Crippen LogP contribution in [0.4, 0.5) is 0 Å². The lowest BCUT2D eigenvalue weighted by atomic mass is 9.70. The molecule has 7 atom stereocenters. The number of hydrogen-bond acceptors (Lipinski definition) is 7. The quantitative estimate of drug-likeness (QED) is 0.262. The molecule has 3 saturated heterocycles. The number of methoxy groups -OCH3 is 1. The van der Waals surface area contributed by atoms with Crippen LogP contribution in [0.25, 0.3) is 0 Å². The highest BCUT2D eigenvalue weighted by atomic mass is 16.6. The molecule has 4 heterocycles. The lowest BCUT2D eigenvalue weighted by molar-refractivity contribution is -0.165. The van der Waals surface area contributed by atoms with Crippen LogP contribution >= 0.6 is 0 Å². The minimum absolute atomic E-state index is 0.0868. The topological polar surface area (TPSA) is 106 Å². The highest BCUT2D eigenvalue weighted by molar-refractivity contribution is 5.98. The lowest BCUT2D eigenvalue weighted by Crippen LogP contribution is -2.55. The molecule has 10 nitrogen and oxygen atoms in total. The number of amides is 3. The van der Waals surface area contributed by atoms with Crippen molar-refractivity contribution in [2.75, 3.05) is 20.7 Å². The molecule has 51 heavy (non-hydrogen) atoms. The summed E-state index contributed by atoms with van der Waals surface area (Å²) in [5.74, 6) is -2.28. The van der Waals surface area contributed by atoms with Gasteiger partial charge >= 0.3 is 5.97 Å². The highest BCUT2D eigenvalue weighted by Gasteiger charge is 2.75. The standard InChI is InChI=1S/C41H45N3O7/c1-27-36(30-15-9-5-10-16-30)50-40(48)34-32-22-23-41(51-32)35(34)38(46)44(26-29-18-20-31(49-3)21-19-29)37(41)39(47)43(25-28-13-7-4-8-14-28)24-12-6-11-17-33(45)42(27)2/h4-10,12-16,18-21,27,32,34-37H,11,17,22-26H2,1-3H3/b12-6+/t27-,32+,34-,35-,36+,37+,41-/m1/s1. The van der Waals surface area contributed by atoms with E-state index in [1.165, 1.54) is 0 Å². The molecule has 10 heteroatoms. The molecule has 266 valence electrons. The molecule has 7 rings (SSSR count). The average Bonchev–Trinajstić information content (AvgIpc) is 3.80. The monoisotopic (exact) mass is 691 g/mol. The number of allylic oxidation sites excluding steroid dienone is 1. The van der Waals surface area contributed by atoms with Gasteiger partial charge in [-0.1, -0.05) is 84.9 Å². The van der Waals surface area contributed by atoms with Gasteiger partial charge in [0.2, 0.25) is 17.7 Å². The van der Waals surface area contributed by atoms with E-state index in [4.69, 9.17) is 14.2 Å². The Morgan fingerprint density at radius 1 is 0.843 bits per heavy atom. The molecule has 0 saturated carbocycles. The fourth-order valence-electron chi connectivity index (χ4n) is 8.43. The summed E-state index contributed by atoms with van der Waals surface area (Å²) in [5.41, 5.74) is 1.33. The summed E-state index contributed by atoms with van der Waals surface area (Å²) in [6.45, 7) is 2.64. The predicted molar refractivity (Wildman–Crippen MR) is 189 cm³/mol. The summed E-state index contributed by atoms with van der Waals surface area (Å²) in [7, 11) is 3.32. The van der Waals surface area contributed by atoms with E-state index in [2.05, 4.69) is 0 Å². The van der Waals surface area contributed by atoms with Crippen LogP contribution in [0.2, 0.25) is 0 Å². The summed E-state index contributed by atoms with van der Waals surface area (Å²) in [6.07, 6.45) is 4.23. The molecular formula is C41H45N3O7. The molecule has 4 aliphatic heterocycles.